The number of hydrogen-bond acceptors (Lipinski definition) is 7. The predicted octanol–water partition coefficient (Wildman–Crippen LogP) is 3.57. The number of thioether (sulfide) groups is 1. The van der Waals surface area contributed by atoms with Gasteiger partial charge in [-0.3, -0.25) is 14.4 Å². The Morgan fingerprint density at radius 3 is 2.36 bits per heavy atom. The maximum Gasteiger partial charge on any atom is 0.319 e. The minimum atomic E-state index is -1.24. The van der Waals surface area contributed by atoms with E-state index < -0.39 is 23.7 Å². The molecular formula is C23H28BrN3O5S. The molecule has 8 nitrogen and oxygen atoms in total. The molecule has 0 bridgehead atoms. The molecule has 1 heterocycles. The first-order valence-electron chi connectivity index (χ1n) is 10.4. The molecule has 1 aromatic carbocycles. The molecule has 178 valence electrons. The number of nitrogens with one attached hydrogen (secondary N) is 1. The summed E-state index contributed by atoms with van der Waals surface area (Å²) in [5, 5.41) is 12.9. The summed E-state index contributed by atoms with van der Waals surface area (Å²) in [6, 6.07) is 7.27. The molecule has 0 aliphatic carbocycles. The van der Waals surface area contributed by atoms with E-state index in [9.17, 15) is 19.6 Å². The summed E-state index contributed by atoms with van der Waals surface area (Å²) >= 11 is 4.50. The van der Waals surface area contributed by atoms with E-state index in [2.05, 4.69) is 27.3 Å². The van der Waals surface area contributed by atoms with Gasteiger partial charge in [-0.15, -0.1) is 0 Å². The first-order chi connectivity index (χ1) is 15.6. The normalized spacial score (nSPS) is 18.1. The highest BCUT2D eigenvalue weighted by molar-refractivity contribution is 9.10. The van der Waals surface area contributed by atoms with Gasteiger partial charge in [-0.1, -0.05) is 17.8 Å². The number of rotatable bonds is 8. The number of methoxy groups -OCH3 is 2. The van der Waals surface area contributed by atoms with Crippen molar-refractivity contribution >= 4 is 45.5 Å². The van der Waals surface area contributed by atoms with E-state index in [1.807, 2.05) is 27.7 Å². The fraction of sp³-hybridized carbons (Fsp3) is 0.478. The molecule has 0 spiro atoms. The van der Waals surface area contributed by atoms with E-state index in [0.29, 0.717) is 15.8 Å². The topological polar surface area (TPSA) is 109 Å². The quantitative estimate of drug-likeness (QED) is 0.398. The minimum absolute atomic E-state index is 0.0107. The van der Waals surface area contributed by atoms with Gasteiger partial charge in [-0.2, -0.15) is 5.26 Å². The van der Waals surface area contributed by atoms with Gasteiger partial charge in [-0.05, 0) is 61.3 Å². The molecule has 0 saturated heterocycles. The number of ether oxygens (including phenoxy) is 2. The third-order valence-electron chi connectivity index (χ3n) is 5.26. The predicted molar refractivity (Wildman–Crippen MR) is 129 cm³/mol. The zero-order chi connectivity index (χ0) is 24.9. The SMILES string of the molecule is COC(=O)[C@H]1C(=O)NC(SCC(=O)N(C(C)C)C(C)C)=C(C#N)[C@@H]1c1ccc(OC)c(Br)c1. The van der Waals surface area contributed by atoms with Gasteiger partial charge in [0.15, 0.2) is 0 Å². The number of allylic oxidation sites excluding steroid dienone is 1. The van der Waals surface area contributed by atoms with Crippen molar-refractivity contribution in [2.45, 2.75) is 45.7 Å². The Morgan fingerprint density at radius 2 is 1.88 bits per heavy atom. The van der Waals surface area contributed by atoms with Crippen LogP contribution in [-0.2, 0) is 19.1 Å². The average Bonchev–Trinajstić information content (AvgIpc) is 2.75. The number of benzene rings is 1. The van der Waals surface area contributed by atoms with Gasteiger partial charge in [0.25, 0.3) is 0 Å². The Hall–Kier alpha value is -2.51. The molecule has 1 aliphatic heterocycles. The Balaban J connectivity index is 2.51. The molecule has 2 rings (SSSR count). The summed E-state index contributed by atoms with van der Waals surface area (Å²) in [6.07, 6.45) is 0. The van der Waals surface area contributed by atoms with E-state index >= 15 is 0 Å². The van der Waals surface area contributed by atoms with Crippen molar-refractivity contribution in [2.24, 2.45) is 5.92 Å². The van der Waals surface area contributed by atoms with Crippen LogP contribution in [-0.4, -0.2) is 54.7 Å². The summed E-state index contributed by atoms with van der Waals surface area (Å²) in [4.78, 5) is 40.0. The highest BCUT2D eigenvalue weighted by atomic mass is 79.9. The van der Waals surface area contributed by atoms with Crippen molar-refractivity contribution in [3.05, 3.63) is 38.8 Å². The Kier molecular flexibility index (Phi) is 9.37. The molecular weight excluding hydrogens is 510 g/mol. The molecule has 0 aromatic heterocycles. The van der Waals surface area contributed by atoms with Gasteiger partial charge in [-0.25, -0.2) is 0 Å². The lowest BCUT2D eigenvalue weighted by Crippen LogP contribution is -2.45. The fourth-order valence-corrected chi connectivity index (χ4v) is 5.41. The van der Waals surface area contributed by atoms with Crippen LogP contribution in [0.5, 0.6) is 5.75 Å². The van der Waals surface area contributed by atoms with Crippen LogP contribution in [0.4, 0.5) is 0 Å². The van der Waals surface area contributed by atoms with Crippen LogP contribution >= 0.6 is 27.7 Å². The van der Waals surface area contributed by atoms with Crippen LogP contribution in [0, 0.1) is 17.2 Å². The van der Waals surface area contributed by atoms with E-state index in [4.69, 9.17) is 9.47 Å². The molecule has 0 fully saturated rings. The van der Waals surface area contributed by atoms with Gasteiger partial charge in [0.1, 0.15) is 11.7 Å². The van der Waals surface area contributed by atoms with Crippen LogP contribution < -0.4 is 10.1 Å². The average molecular weight is 538 g/mol. The molecule has 1 aromatic rings. The van der Waals surface area contributed by atoms with Crippen molar-refractivity contribution in [2.75, 3.05) is 20.0 Å². The highest BCUT2D eigenvalue weighted by Crippen LogP contribution is 2.42. The van der Waals surface area contributed by atoms with Gasteiger partial charge >= 0.3 is 5.97 Å². The molecule has 0 saturated carbocycles. The van der Waals surface area contributed by atoms with Gasteiger partial charge < -0.3 is 19.7 Å². The van der Waals surface area contributed by atoms with Gasteiger partial charge in [0.05, 0.1) is 41.1 Å². The van der Waals surface area contributed by atoms with Crippen LogP contribution in [0.3, 0.4) is 0 Å². The second-order valence-corrected chi connectivity index (χ2v) is 9.83. The summed E-state index contributed by atoms with van der Waals surface area (Å²) < 4.78 is 10.7. The standard InChI is InChI=1S/C23H28BrN3O5S/c1-12(2)27(13(3)4)18(28)11-33-22-15(10-25)19(20(21(29)26-22)23(30)32-6)14-7-8-17(31-5)16(24)9-14/h7-9,12-13,19-20H,11H2,1-6H3,(H,26,29)/t19-,20+/m0/s1. The number of carbonyl (C=O) groups excluding carboxylic acids is 3. The third kappa shape index (κ3) is 5.89. The lowest BCUT2D eigenvalue weighted by atomic mass is 9.78. The minimum Gasteiger partial charge on any atom is -0.496 e. The second kappa shape index (κ2) is 11.6. The van der Waals surface area contributed by atoms with Crippen molar-refractivity contribution in [1.82, 2.24) is 10.2 Å². The van der Waals surface area contributed by atoms with E-state index in [1.54, 1.807) is 23.1 Å². The zero-order valence-electron chi connectivity index (χ0n) is 19.5. The number of nitriles is 1. The van der Waals surface area contributed by atoms with Crippen molar-refractivity contribution in [3.63, 3.8) is 0 Å². The maximum atomic E-state index is 13.0. The smallest absolute Gasteiger partial charge is 0.319 e. The van der Waals surface area contributed by atoms with E-state index in [0.717, 1.165) is 11.8 Å². The second-order valence-electron chi connectivity index (χ2n) is 7.99. The molecule has 2 atom stereocenters. The van der Waals surface area contributed by atoms with Crippen LogP contribution in [0.15, 0.2) is 33.3 Å². The van der Waals surface area contributed by atoms with E-state index in [1.165, 1.54) is 14.2 Å². The lowest BCUT2D eigenvalue weighted by Gasteiger charge is -2.32. The molecule has 10 heteroatoms. The Labute approximate surface area is 206 Å². The summed E-state index contributed by atoms with van der Waals surface area (Å²) in [7, 11) is 2.72. The zero-order valence-corrected chi connectivity index (χ0v) is 21.9. The molecule has 0 unspecified atom stereocenters. The lowest BCUT2D eigenvalue weighted by molar-refractivity contribution is -0.150. The molecule has 1 aliphatic rings. The largest absolute Gasteiger partial charge is 0.496 e. The molecule has 0 radical (unpaired) electrons. The summed E-state index contributed by atoms with van der Waals surface area (Å²) in [6.45, 7) is 7.74. The van der Waals surface area contributed by atoms with Gasteiger partial charge in [0.2, 0.25) is 11.8 Å². The van der Waals surface area contributed by atoms with Gasteiger partial charge in [0, 0.05) is 18.0 Å². The third-order valence-corrected chi connectivity index (χ3v) is 6.88. The summed E-state index contributed by atoms with van der Waals surface area (Å²) in [5.74, 6) is -2.95. The number of hydrogen-bond donors (Lipinski definition) is 1. The molecule has 1 N–H and O–H groups in total. The maximum absolute atomic E-state index is 13.0. The van der Waals surface area contributed by atoms with Crippen molar-refractivity contribution in [1.29, 1.82) is 5.26 Å². The van der Waals surface area contributed by atoms with Crippen LogP contribution in [0.2, 0.25) is 0 Å². The van der Waals surface area contributed by atoms with E-state index in [-0.39, 0.29) is 34.3 Å². The number of halogens is 1. The number of nitrogens with zero attached hydrogens (tertiary/aromatic N) is 2. The van der Waals surface area contributed by atoms with Crippen molar-refractivity contribution in [3.8, 4) is 11.8 Å². The molecule has 33 heavy (non-hydrogen) atoms. The Morgan fingerprint density at radius 1 is 1.24 bits per heavy atom. The highest BCUT2D eigenvalue weighted by Gasteiger charge is 2.44. The number of amides is 2. The number of carbonyl (C=O) groups is 3. The molecule has 2 amide bonds. The summed E-state index contributed by atoms with van der Waals surface area (Å²) in [5.41, 5.74) is 0.764. The fourth-order valence-electron chi connectivity index (χ4n) is 3.94. The first kappa shape index (κ1) is 26.7. The Bertz CT molecular complexity index is 994. The van der Waals surface area contributed by atoms with Crippen molar-refractivity contribution < 1.29 is 23.9 Å². The first-order valence-corrected chi connectivity index (χ1v) is 12.2. The van der Waals surface area contributed by atoms with Crippen LogP contribution in [0.25, 0.3) is 0 Å². The van der Waals surface area contributed by atoms with Crippen LogP contribution in [0.1, 0.15) is 39.2 Å². The number of esters is 1. The monoisotopic (exact) mass is 537 g/mol.